The lowest BCUT2D eigenvalue weighted by atomic mass is 9.83. The molecule has 1 rings (SSSR count). The zero-order valence-electron chi connectivity index (χ0n) is 10.4. The minimum absolute atomic E-state index is 0. The van der Waals surface area contributed by atoms with Gasteiger partial charge < -0.3 is 11.1 Å². The van der Waals surface area contributed by atoms with Crippen LogP contribution in [-0.4, -0.2) is 18.0 Å². The summed E-state index contributed by atoms with van der Waals surface area (Å²) in [6.45, 7) is 4.08. The lowest BCUT2D eigenvalue weighted by Gasteiger charge is -2.31. The van der Waals surface area contributed by atoms with Crippen molar-refractivity contribution in [2.75, 3.05) is 0 Å². The van der Waals surface area contributed by atoms with Gasteiger partial charge in [-0.05, 0) is 25.7 Å². The van der Waals surface area contributed by atoms with Crippen LogP contribution in [0.4, 0.5) is 0 Å². The Bertz CT molecular complexity index is 209. The van der Waals surface area contributed by atoms with Gasteiger partial charge in [0.1, 0.15) is 0 Å². The Labute approximate surface area is 105 Å². The Hall–Kier alpha value is -0.280. The van der Waals surface area contributed by atoms with Crippen LogP contribution in [0.5, 0.6) is 0 Å². The van der Waals surface area contributed by atoms with E-state index < -0.39 is 0 Å². The summed E-state index contributed by atoms with van der Waals surface area (Å²) in [6.07, 6.45) is 6.59. The van der Waals surface area contributed by atoms with Crippen molar-refractivity contribution in [2.24, 2.45) is 11.7 Å². The average Bonchev–Trinajstić information content (AvgIpc) is 2.17. The maximum Gasteiger partial charge on any atom is 0.221 e. The summed E-state index contributed by atoms with van der Waals surface area (Å²) in [5.74, 6) is 0.797. The average molecular weight is 249 g/mol. The largest absolute Gasteiger partial charge is 0.353 e. The van der Waals surface area contributed by atoms with E-state index in [9.17, 15) is 4.79 Å². The van der Waals surface area contributed by atoms with Crippen LogP contribution in [0.2, 0.25) is 0 Å². The summed E-state index contributed by atoms with van der Waals surface area (Å²) in [7, 11) is 0. The van der Waals surface area contributed by atoms with E-state index in [1.807, 2.05) is 6.92 Å². The molecule has 0 heterocycles. The molecule has 1 fully saturated rings. The molecule has 16 heavy (non-hydrogen) atoms. The molecule has 0 bridgehead atoms. The van der Waals surface area contributed by atoms with Gasteiger partial charge in [0.15, 0.2) is 0 Å². The second kappa shape index (κ2) is 7.91. The first-order valence-electron chi connectivity index (χ1n) is 6.18. The first-order chi connectivity index (χ1) is 7.13. The van der Waals surface area contributed by atoms with Gasteiger partial charge in [-0.25, -0.2) is 0 Å². The maximum atomic E-state index is 11.6. The van der Waals surface area contributed by atoms with Gasteiger partial charge in [0.2, 0.25) is 5.91 Å². The Kier molecular flexibility index (Phi) is 7.77. The molecule has 0 aromatic rings. The number of nitrogens with one attached hydrogen (secondary N) is 1. The van der Waals surface area contributed by atoms with Crippen molar-refractivity contribution in [3.05, 3.63) is 0 Å². The highest BCUT2D eigenvalue weighted by molar-refractivity contribution is 5.85. The summed E-state index contributed by atoms with van der Waals surface area (Å²) in [5.41, 5.74) is 5.60. The van der Waals surface area contributed by atoms with Crippen LogP contribution in [0.25, 0.3) is 0 Å². The van der Waals surface area contributed by atoms with Crippen LogP contribution < -0.4 is 11.1 Å². The van der Waals surface area contributed by atoms with Crippen molar-refractivity contribution < 1.29 is 4.79 Å². The van der Waals surface area contributed by atoms with Crippen LogP contribution in [0.3, 0.4) is 0 Å². The number of nitrogens with two attached hydrogens (primary N) is 1. The normalized spacial score (nSPS) is 26.7. The van der Waals surface area contributed by atoms with Crippen molar-refractivity contribution in [3.63, 3.8) is 0 Å². The Morgan fingerprint density at radius 1 is 1.44 bits per heavy atom. The standard InChI is InChI=1S/C12H24N2O.ClH/c1-3-10-6-4-5-7-11(10)14-12(15)8-9(2)13;/h9-11H,3-8,13H2,1-2H3,(H,14,15);1H. The fourth-order valence-electron chi connectivity index (χ4n) is 2.44. The maximum absolute atomic E-state index is 11.6. The number of halogens is 1. The van der Waals surface area contributed by atoms with Gasteiger partial charge in [0.25, 0.3) is 0 Å². The van der Waals surface area contributed by atoms with Gasteiger partial charge in [-0.2, -0.15) is 0 Å². The smallest absolute Gasteiger partial charge is 0.221 e. The lowest BCUT2D eigenvalue weighted by Crippen LogP contribution is -2.43. The van der Waals surface area contributed by atoms with Gasteiger partial charge in [-0.1, -0.05) is 26.2 Å². The molecular formula is C12H25ClN2O. The molecule has 0 spiro atoms. The molecule has 0 aromatic heterocycles. The van der Waals surface area contributed by atoms with Gasteiger partial charge in [-0.3, -0.25) is 4.79 Å². The molecule has 3 nitrogen and oxygen atoms in total. The molecule has 3 unspecified atom stereocenters. The molecule has 96 valence electrons. The summed E-state index contributed by atoms with van der Waals surface area (Å²) in [6, 6.07) is 0.365. The molecule has 0 radical (unpaired) electrons. The van der Waals surface area contributed by atoms with Crippen molar-refractivity contribution in [2.45, 2.75) is 64.5 Å². The van der Waals surface area contributed by atoms with Gasteiger partial charge in [-0.15, -0.1) is 12.4 Å². The Morgan fingerprint density at radius 3 is 2.62 bits per heavy atom. The first-order valence-corrected chi connectivity index (χ1v) is 6.18. The number of amides is 1. The van der Waals surface area contributed by atoms with Crippen LogP contribution >= 0.6 is 12.4 Å². The highest BCUT2D eigenvalue weighted by Gasteiger charge is 2.24. The number of hydrogen-bond acceptors (Lipinski definition) is 2. The van der Waals surface area contributed by atoms with E-state index >= 15 is 0 Å². The fraction of sp³-hybridized carbons (Fsp3) is 0.917. The van der Waals surface area contributed by atoms with E-state index in [0.717, 1.165) is 6.42 Å². The molecule has 1 aliphatic rings. The Morgan fingerprint density at radius 2 is 2.06 bits per heavy atom. The van der Waals surface area contributed by atoms with Gasteiger partial charge in [0, 0.05) is 18.5 Å². The van der Waals surface area contributed by atoms with Gasteiger partial charge in [0.05, 0.1) is 0 Å². The minimum Gasteiger partial charge on any atom is -0.353 e. The summed E-state index contributed by atoms with van der Waals surface area (Å²) >= 11 is 0. The lowest BCUT2D eigenvalue weighted by molar-refractivity contribution is -0.122. The highest BCUT2D eigenvalue weighted by atomic mass is 35.5. The second-order valence-electron chi connectivity index (χ2n) is 4.81. The monoisotopic (exact) mass is 248 g/mol. The molecule has 0 aromatic carbocycles. The molecule has 1 saturated carbocycles. The molecule has 3 N–H and O–H groups in total. The number of hydrogen-bond donors (Lipinski definition) is 2. The van der Waals surface area contributed by atoms with E-state index in [0.29, 0.717) is 18.4 Å². The summed E-state index contributed by atoms with van der Waals surface area (Å²) < 4.78 is 0. The van der Waals surface area contributed by atoms with Crippen LogP contribution in [0.1, 0.15) is 52.4 Å². The summed E-state index contributed by atoms with van der Waals surface area (Å²) in [5, 5.41) is 3.13. The first kappa shape index (κ1) is 15.7. The fourth-order valence-corrected chi connectivity index (χ4v) is 2.44. The van der Waals surface area contributed by atoms with Crippen LogP contribution in [0, 0.1) is 5.92 Å². The zero-order chi connectivity index (χ0) is 11.3. The van der Waals surface area contributed by atoms with E-state index in [1.54, 1.807) is 0 Å². The van der Waals surface area contributed by atoms with Gasteiger partial charge >= 0.3 is 0 Å². The van der Waals surface area contributed by atoms with Crippen molar-refractivity contribution >= 4 is 18.3 Å². The van der Waals surface area contributed by atoms with Crippen LogP contribution in [0.15, 0.2) is 0 Å². The predicted octanol–water partition coefficient (Wildman–Crippen LogP) is 2.23. The molecule has 1 aliphatic carbocycles. The Balaban J connectivity index is 0.00000225. The topological polar surface area (TPSA) is 55.1 Å². The molecule has 0 saturated heterocycles. The second-order valence-corrected chi connectivity index (χ2v) is 4.81. The van der Waals surface area contributed by atoms with E-state index in [-0.39, 0.29) is 24.4 Å². The number of carbonyl (C=O) groups excluding carboxylic acids is 1. The molecule has 3 atom stereocenters. The molecule has 4 heteroatoms. The van der Waals surface area contributed by atoms with Crippen LogP contribution in [-0.2, 0) is 4.79 Å². The molecule has 0 aliphatic heterocycles. The van der Waals surface area contributed by atoms with Crippen molar-refractivity contribution in [1.82, 2.24) is 5.32 Å². The number of rotatable bonds is 4. The van der Waals surface area contributed by atoms with Crippen molar-refractivity contribution in [3.8, 4) is 0 Å². The SMILES string of the molecule is CCC1CCCCC1NC(=O)CC(C)N.Cl. The quantitative estimate of drug-likeness (QED) is 0.802. The molecule has 1 amide bonds. The summed E-state index contributed by atoms with van der Waals surface area (Å²) in [4.78, 5) is 11.6. The van der Waals surface area contributed by atoms with E-state index in [2.05, 4.69) is 12.2 Å². The number of carbonyl (C=O) groups is 1. The van der Waals surface area contributed by atoms with E-state index in [1.165, 1.54) is 25.7 Å². The third kappa shape index (κ3) is 5.17. The van der Waals surface area contributed by atoms with Crippen molar-refractivity contribution in [1.29, 1.82) is 0 Å². The predicted molar refractivity (Wildman–Crippen MR) is 69.7 cm³/mol. The van der Waals surface area contributed by atoms with E-state index in [4.69, 9.17) is 5.73 Å². The molecular weight excluding hydrogens is 224 g/mol. The third-order valence-corrected chi connectivity index (χ3v) is 3.29. The zero-order valence-corrected chi connectivity index (χ0v) is 11.2. The third-order valence-electron chi connectivity index (χ3n) is 3.29. The highest BCUT2D eigenvalue weighted by Crippen LogP contribution is 2.26. The minimum atomic E-state index is -0.0336.